The second-order valence-corrected chi connectivity index (χ2v) is 8.02. The fourth-order valence-corrected chi connectivity index (χ4v) is 3.71. The number of benzene rings is 2. The zero-order valence-corrected chi connectivity index (χ0v) is 18.8. The van der Waals surface area contributed by atoms with E-state index in [2.05, 4.69) is 37.6 Å². The van der Waals surface area contributed by atoms with Crippen molar-refractivity contribution in [2.24, 2.45) is 0 Å². The van der Waals surface area contributed by atoms with E-state index in [1.165, 1.54) is 6.92 Å². The van der Waals surface area contributed by atoms with Gasteiger partial charge in [0.1, 0.15) is 5.82 Å². The van der Waals surface area contributed by atoms with Crippen LogP contribution in [0, 0.1) is 0 Å². The SMILES string of the molecule is CCCCCc1nc(C(F)(F)CC)nn1Cc1ccc(-c2ccccc2-c2nnn[nH]2)cc1. The molecule has 0 aliphatic rings. The Hall–Kier alpha value is -3.49. The highest BCUT2D eigenvalue weighted by Gasteiger charge is 2.35. The van der Waals surface area contributed by atoms with Crippen molar-refractivity contribution in [3.8, 4) is 22.5 Å². The lowest BCUT2D eigenvalue weighted by atomic mass is 9.98. The number of alkyl halides is 2. The molecular weight excluding hydrogens is 424 g/mol. The molecule has 0 unspecified atom stereocenters. The first-order valence-electron chi connectivity index (χ1n) is 11.3. The quantitative estimate of drug-likeness (QED) is 0.326. The summed E-state index contributed by atoms with van der Waals surface area (Å²) in [4.78, 5) is 4.21. The molecule has 4 aromatic rings. The zero-order valence-electron chi connectivity index (χ0n) is 18.8. The minimum atomic E-state index is -3.02. The minimum Gasteiger partial charge on any atom is -0.245 e. The van der Waals surface area contributed by atoms with Crippen LogP contribution in [0.3, 0.4) is 0 Å². The summed E-state index contributed by atoms with van der Waals surface area (Å²) in [7, 11) is 0. The third kappa shape index (κ3) is 5.13. The number of hydrogen-bond acceptors (Lipinski definition) is 5. The van der Waals surface area contributed by atoms with Gasteiger partial charge in [-0.1, -0.05) is 75.2 Å². The van der Waals surface area contributed by atoms with Gasteiger partial charge >= 0.3 is 5.92 Å². The number of aryl methyl sites for hydroxylation is 1. The van der Waals surface area contributed by atoms with Crippen molar-refractivity contribution in [1.29, 1.82) is 0 Å². The van der Waals surface area contributed by atoms with E-state index < -0.39 is 5.92 Å². The average Bonchev–Trinajstić information content (AvgIpc) is 3.51. The van der Waals surface area contributed by atoms with E-state index in [-0.39, 0.29) is 12.2 Å². The molecule has 33 heavy (non-hydrogen) atoms. The van der Waals surface area contributed by atoms with Gasteiger partial charge in [0.05, 0.1) is 6.54 Å². The van der Waals surface area contributed by atoms with Gasteiger partial charge in [-0.2, -0.15) is 8.78 Å². The fourth-order valence-electron chi connectivity index (χ4n) is 3.71. The summed E-state index contributed by atoms with van der Waals surface area (Å²) >= 11 is 0. The molecule has 2 aromatic carbocycles. The molecule has 2 heterocycles. The average molecular weight is 452 g/mol. The van der Waals surface area contributed by atoms with Crippen LogP contribution in [-0.4, -0.2) is 35.4 Å². The number of tetrazole rings is 1. The molecule has 9 heteroatoms. The Bertz CT molecular complexity index is 1170. The summed E-state index contributed by atoms with van der Waals surface area (Å²) < 4.78 is 30.1. The van der Waals surface area contributed by atoms with Crippen molar-refractivity contribution in [1.82, 2.24) is 35.4 Å². The maximum Gasteiger partial charge on any atom is 0.308 e. The van der Waals surface area contributed by atoms with Crippen LogP contribution < -0.4 is 0 Å². The first kappa shape index (κ1) is 22.7. The standard InChI is InChI=1S/C24H27F2N7/c1-3-5-6-11-21-27-23(24(25,26)4-2)30-33(21)16-17-12-14-18(15-13-17)19-9-7-8-10-20(19)22-28-31-32-29-22/h7-10,12-15H,3-6,11,16H2,1-2H3,(H,28,29,31,32). The topological polar surface area (TPSA) is 85.2 Å². The molecule has 0 fully saturated rings. The van der Waals surface area contributed by atoms with Gasteiger partial charge in [-0.15, -0.1) is 10.2 Å². The van der Waals surface area contributed by atoms with Crippen LogP contribution in [0.15, 0.2) is 48.5 Å². The van der Waals surface area contributed by atoms with Crippen LogP contribution in [-0.2, 0) is 18.9 Å². The summed E-state index contributed by atoms with van der Waals surface area (Å²) in [6.07, 6.45) is 3.30. The molecule has 0 aliphatic carbocycles. The molecule has 0 saturated heterocycles. The third-order valence-corrected chi connectivity index (χ3v) is 5.65. The minimum absolute atomic E-state index is 0.319. The number of unbranched alkanes of at least 4 members (excludes halogenated alkanes) is 2. The van der Waals surface area contributed by atoms with Crippen molar-refractivity contribution >= 4 is 0 Å². The number of H-pyrrole nitrogens is 1. The maximum atomic E-state index is 14.2. The summed E-state index contributed by atoms with van der Waals surface area (Å²) in [5.74, 6) is -2.20. The second kappa shape index (κ2) is 9.97. The van der Waals surface area contributed by atoms with Gasteiger partial charge in [0, 0.05) is 18.4 Å². The van der Waals surface area contributed by atoms with Crippen LogP contribution in [0.4, 0.5) is 8.78 Å². The first-order chi connectivity index (χ1) is 16.0. The second-order valence-electron chi connectivity index (χ2n) is 8.02. The first-order valence-corrected chi connectivity index (χ1v) is 11.3. The Morgan fingerprint density at radius 1 is 0.970 bits per heavy atom. The highest BCUT2D eigenvalue weighted by molar-refractivity contribution is 5.80. The van der Waals surface area contributed by atoms with Crippen molar-refractivity contribution in [2.45, 2.75) is 58.4 Å². The number of aromatic nitrogens is 7. The van der Waals surface area contributed by atoms with Crippen molar-refractivity contribution in [2.75, 3.05) is 0 Å². The lowest BCUT2D eigenvalue weighted by Crippen LogP contribution is -2.14. The molecule has 1 N–H and O–H groups in total. The summed E-state index contributed by atoms with van der Waals surface area (Å²) in [6.45, 7) is 3.95. The fraction of sp³-hybridized carbons (Fsp3) is 0.375. The van der Waals surface area contributed by atoms with Gasteiger partial charge in [-0.25, -0.2) is 14.8 Å². The molecule has 2 aromatic heterocycles. The highest BCUT2D eigenvalue weighted by Crippen LogP contribution is 2.31. The molecule has 0 spiro atoms. The van der Waals surface area contributed by atoms with E-state index >= 15 is 0 Å². The Kier molecular flexibility index (Phi) is 6.86. The molecule has 0 amide bonds. The van der Waals surface area contributed by atoms with E-state index in [9.17, 15) is 8.78 Å². The molecule has 0 saturated carbocycles. The molecule has 0 radical (unpaired) electrons. The van der Waals surface area contributed by atoms with Gasteiger partial charge in [-0.05, 0) is 33.5 Å². The molecule has 4 rings (SSSR count). The molecule has 0 bridgehead atoms. The predicted octanol–water partition coefficient (Wildman–Crippen LogP) is 5.41. The van der Waals surface area contributed by atoms with Gasteiger partial charge in [0.25, 0.3) is 0 Å². The Labute approximate surface area is 191 Å². The Balaban J connectivity index is 1.59. The maximum absolute atomic E-state index is 14.2. The molecule has 0 aliphatic heterocycles. The Morgan fingerprint density at radius 3 is 2.39 bits per heavy atom. The monoisotopic (exact) mass is 451 g/mol. The van der Waals surface area contributed by atoms with Crippen LogP contribution >= 0.6 is 0 Å². The van der Waals surface area contributed by atoms with E-state index in [4.69, 9.17) is 0 Å². The van der Waals surface area contributed by atoms with Gasteiger partial charge in [0.2, 0.25) is 5.82 Å². The van der Waals surface area contributed by atoms with E-state index in [0.717, 1.165) is 41.5 Å². The number of aromatic amines is 1. The third-order valence-electron chi connectivity index (χ3n) is 5.65. The van der Waals surface area contributed by atoms with Crippen LogP contribution in [0.2, 0.25) is 0 Å². The predicted molar refractivity (Wildman–Crippen MR) is 122 cm³/mol. The number of rotatable bonds is 10. The van der Waals surface area contributed by atoms with Crippen LogP contribution in [0.1, 0.15) is 56.7 Å². The zero-order chi connectivity index (χ0) is 23.3. The number of halogens is 2. The number of hydrogen-bond donors (Lipinski definition) is 1. The normalized spacial score (nSPS) is 11.8. The lowest BCUT2D eigenvalue weighted by molar-refractivity contribution is -0.0177. The van der Waals surface area contributed by atoms with Gasteiger partial charge in [-0.3, -0.25) is 0 Å². The van der Waals surface area contributed by atoms with Crippen LogP contribution in [0.25, 0.3) is 22.5 Å². The summed E-state index contributed by atoms with van der Waals surface area (Å²) in [5, 5.41) is 18.3. The van der Waals surface area contributed by atoms with E-state index in [1.807, 2.05) is 48.5 Å². The number of nitrogens with zero attached hydrogens (tertiary/aromatic N) is 6. The number of nitrogens with one attached hydrogen (secondary N) is 1. The largest absolute Gasteiger partial charge is 0.308 e. The van der Waals surface area contributed by atoms with Gasteiger partial charge < -0.3 is 0 Å². The van der Waals surface area contributed by atoms with Crippen LogP contribution in [0.5, 0.6) is 0 Å². The lowest BCUT2D eigenvalue weighted by Gasteiger charge is -2.10. The van der Waals surface area contributed by atoms with Crippen molar-refractivity contribution < 1.29 is 8.78 Å². The Morgan fingerprint density at radius 2 is 1.73 bits per heavy atom. The van der Waals surface area contributed by atoms with Crippen molar-refractivity contribution in [3.63, 3.8) is 0 Å². The molecule has 172 valence electrons. The molecule has 0 atom stereocenters. The highest BCUT2D eigenvalue weighted by atomic mass is 19.3. The summed E-state index contributed by atoms with van der Waals surface area (Å²) in [5.41, 5.74) is 3.86. The smallest absolute Gasteiger partial charge is 0.245 e. The van der Waals surface area contributed by atoms with Gasteiger partial charge in [0.15, 0.2) is 5.82 Å². The van der Waals surface area contributed by atoms with Crippen molar-refractivity contribution in [3.05, 3.63) is 65.7 Å². The summed E-state index contributed by atoms with van der Waals surface area (Å²) in [6, 6.07) is 15.8. The van der Waals surface area contributed by atoms with E-state index in [0.29, 0.717) is 24.6 Å². The van der Waals surface area contributed by atoms with E-state index in [1.54, 1.807) is 4.68 Å². The molecule has 7 nitrogen and oxygen atoms in total. The molecular formula is C24H27F2N7.